The Morgan fingerprint density at radius 1 is 1.25 bits per heavy atom. The van der Waals surface area contributed by atoms with Crippen LogP contribution in [0.15, 0.2) is 0 Å². The first-order chi connectivity index (χ1) is 5.45. The van der Waals surface area contributed by atoms with E-state index in [2.05, 4.69) is 0 Å². The minimum absolute atomic E-state index is 0.139. The molecular formula is C6H14O6. The second-order valence-corrected chi connectivity index (χ2v) is 2.07. The summed E-state index contributed by atoms with van der Waals surface area (Å²) < 4.78 is 0. The highest BCUT2D eigenvalue weighted by molar-refractivity contribution is 5.71. The molecule has 0 heterocycles. The Morgan fingerprint density at radius 2 is 1.58 bits per heavy atom. The highest BCUT2D eigenvalue weighted by Gasteiger charge is 2.08. The van der Waals surface area contributed by atoms with Gasteiger partial charge in [0.05, 0.1) is 19.3 Å². The maximum absolute atomic E-state index is 9.52. The lowest BCUT2D eigenvalue weighted by atomic mass is 10.4. The average Bonchev–Trinajstić information content (AvgIpc) is 2.04. The van der Waals surface area contributed by atoms with Crippen LogP contribution < -0.4 is 0 Å². The summed E-state index contributed by atoms with van der Waals surface area (Å²) in [6.07, 6.45) is -2.19. The smallest absolute Gasteiger partial charge is 0.334 e. The number of hydrogen-bond acceptors (Lipinski definition) is 5. The molecule has 0 aliphatic rings. The zero-order valence-electron chi connectivity index (χ0n) is 6.71. The lowest BCUT2D eigenvalue weighted by Crippen LogP contribution is -2.22. The van der Waals surface area contributed by atoms with Crippen molar-refractivity contribution in [2.75, 3.05) is 13.2 Å². The van der Waals surface area contributed by atoms with Gasteiger partial charge in [0.1, 0.15) is 0 Å². The Labute approximate surface area is 69.7 Å². The molecule has 0 aliphatic carbocycles. The second-order valence-electron chi connectivity index (χ2n) is 2.07. The third-order valence-corrected chi connectivity index (χ3v) is 0.722. The van der Waals surface area contributed by atoms with E-state index in [-0.39, 0.29) is 6.61 Å². The number of carbonyl (C=O) groups is 1. The number of rotatable bonds is 3. The topological polar surface area (TPSA) is 118 Å². The van der Waals surface area contributed by atoms with Crippen LogP contribution in [0.1, 0.15) is 6.92 Å². The van der Waals surface area contributed by atoms with E-state index in [1.807, 2.05) is 0 Å². The van der Waals surface area contributed by atoms with Crippen molar-refractivity contribution in [3.8, 4) is 0 Å². The van der Waals surface area contributed by atoms with Crippen molar-refractivity contribution >= 4 is 5.97 Å². The lowest BCUT2D eigenvalue weighted by Gasteiger charge is -1.95. The van der Waals surface area contributed by atoms with Gasteiger partial charge in [-0.2, -0.15) is 0 Å². The van der Waals surface area contributed by atoms with E-state index >= 15 is 0 Å². The normalized spacial score (nSPS) is 14.1. The molecule has 0 amide bonds. The van der Waals surface area contributed by atoms with Gasteiger partial charge in [0.15, 0.2) is 6.10 Å². The third kappa shape index (κ3) is 12.0. The number of hydrogen-bond donors (Lipinski definition) is 5. The molecule has 0 rings (SSSR count). The Bertz CT molecular complexity index is 113. The summed E-state index contributed by atoms with van der Waals surface area (Å²) in [5.41, 5.74) is 0. The van der Waals surface area contributed by atoms with Gasteiger partial charge in [-0.05, 0) is 6.92 Å². The maximum atomic E-state index is 9.52. The van der Waals surface area contributed by atoms with Crippen LogP contribution >= 0.6 is 0 Å². The van der Waals surface area contributed by atoms with Crippen molar-refractivity contribution in [3.63, 3.8) is 0 Å². The predicted molar refractivity (Wildman–Crippen MR) is 39.5 cm³/mol. The molecule has 6 heteroatoms. The minimum atomic E-state index is -1.63. The molecule has 5 N–H and O–H groups in total. The zero-order valence-corrected chi connectivity index (χ0v) is 6.71. The summed E-state index contributed by atoms with van der Waals surface area (Å²) in [5.74, 6) is -1.40. The second kappa shape index (κ2) is 8.41. The molecule has 0 spiro atoms. The molecule has 2 unspecified atom stereocenters. The predicted octanol–water partition coefficient (Wildman–Crippen LogP) is -2.22. The van der Waals surface area contributed by atoms with Crippen molar-refractivity contribution in [1.82, 2.24) is 0 Å². The molecule has 0 aromatic carbocycles. The van der Waals surface area contributed by atoms with Crippen molar-refractivity contribution in [1.29, 1.82) is 0 Å². The summed E-state index contributed by atoms with van der Waals surface area (Å²) in [6.45, 7) is 0.662. The molecule has 0 aromatic rings. The molecule has 6 nitrogen and oxygen atoms in total. The van der Waals surface area contributed by atoms with Crippen molar-refractivity contribution in [2.24, 2.45) is 0 Å². The SMILES string of the molecule is CC(O)CO.O=C(O)C(O)CO. The van der Waals surface area contributed by atoms with Crippen molar-refractivity contribution in [3.05, 3.63) is 0 Å². The first-order valence-corrected chi connectivity index (χ1v) is 3.26. The van der Waals surface area contributed by atoms with E-state index in [0.29, 0.717) is 0 Å². The first kappa shape index (κ1) is 13.9. The van der Waals surface area contributed by atoms with E-state index in [1.165, 1.54) is 6.92 Å². The van der Waals surface area contributed by atoms with Crippen LogP contribution in [-0.2, 0) is 4.79 Å². The Hall–Kier alpha value is -0.690. The number of carboxylic acid groups (broad SMARTS) is 1. The fourth-order valence-electron chi connectivity index (χ4n) is 0.0781. The van der Waals surface area contributed by atoms with Gasteiger partial charge in [-0.3, -0.25) is 0 Å². The molecular weight excluding hydrogens is 168 g/mol. The number of carboxylic acids is 1. The molecule has 0 saturated carbocycles. The van der Waals surface area contributed by atoms with Crippen molar-refractivity contribution in [2.45, 2.75) is 19.1 Å². The summed E-state index contributed by atoms with van der Waals surface area (Å²) in [6, 6.07) is 0. The quantitative estimate of drug-likeness (QED) is 0.337. The van der Waals surface area contributed by atoms with E-state index < -0.39 is 24.8 Å². The summed E-state index contributed by atoms with van der Waals surface area (Å²) in [5, 5.41) is 39.7. The number of aliphatic carboxylic acids is 1. The van der Waals surface area contributed by atoms with Crippen LogP contribution in [0.25, 0.3) is 0 Å². The molecule has 12 heavy (non-hydrogen) atoms. The van der Waals surface area contributed by atoms with Gasteiger partial charge in [0.2, 0.25) is 0 Å². The third-order valence-electron chi connectivity index (χ3n) is 0.722. The van der Waals surface area contributed by atoms with Gasteiger partial charge in [0.25, 0.3) is 0 Å². The van der Waals surface area contributed by atoms with E-state index in [1.54, 1.807) is 0 Å². The van der Waals surface area contributed by atoms with Gasteiger partial charge >= 0.3 is 5.97 Å². The van der Waals surface area contributed by atoms with Crippen LogP contribution in [0.5, 0.6) is 0 Å². The molecule has 0 aromatic heterocycles. The molecule has 0 saturated heterocycles. The van der Waals surface area contributed by atoms with Gasteiger partial charge < -0.3 is 25.5 Å². The highest BCUT2D eigenvalue weighted by Crippen LogP contribution is 1.75. The standard InChI is InChI=1S/C3H6O4.C3H8O2/c4-1-2(5)3(6)7;1-3(5)2-4/h2,4-5H,1H2,(H,6,7);3-5H,2H2,1H3. The lowest BCUT2D eigenvalue weighted by molar-refractivity contribution is -0.148. The zero-order chi connectivity index (χ0) is 10.1. The summed E-state index contributed by atoms with van der Waals surface area (Å²) in [4.78, 5) is 9.52. The monoisotopic (exact) mass is 182 g/mol. The molecule has 2 atom stereocenters. The van der Waals surface area contributed by atoms with E-state index in [4.69, 9.17) is 25.5 Å². The van der Waals surface area contributed by atoms with Crippen molar-refractivity contribution < 1.29 is 30.3 Å². The number of aliphatic hydroxyl groups is 4. The average molecular weight is 182 g/mol. The fourth-order valence-corrected chi connectivity index (χ4v) is 0.0781. The van der Waals surface area contributed by atoms with Crippen LogP contribution in [0, 0.1) is 0 Å². The summed E-state index contributed by atoms with van der Waals surface area (Å²) >= 11 is 0. The van der Waals surface area contributed by atoms with Gasteiger partial charge in [-0.1, -0.05) is 0 Å². The van der Waals surface area contributed by atoms with Crippen LogP contribution in [0.3, 0.4) is 0 Å². The molecule has 0 fully saturated rings. The Morgan fingerprint density at radius 3 is 1.58 bits per heavy atom. The fraction of sp³-hybridized carbons (Fsp3) is 0.833. The van der Waals surface area contributed by atoms with E-state index in [9.17, 15) is 4.79 Å². The molecule has 74 valence electrons. The van der Waals surface area contributed by atoms with Gasteiger partial charge in [0, 0.05) is 0 Å². The Balaban J connectivity index is 0. The summed E-state index contributed by atoms with van der Waals surface area (Å²) in [7, 11) is 0. The van der Waals surface area contributed by atoms with Crippen LogP contribution in [-0.4, -0.2) is 56.9 Å². The number of aliphatic hydroxyl groups excluding tert-OH is 4. The Kier molecular flexibility index (Phi) is 9.72. The molecule has 0 aliphatic heterocycles. The molecule has 0 bridgehead atoms. The van der Waals surface area contributed by atoms with Gasteiger partial charge in [-0.25, -0.2) is 4.79 Å². The van der Waals surface area contributed by atoms with E-state index in [0.717, 1.165) is 0 Å². The highest BCUT2D eigenvalue weighted by atomic mass is 16.4. The molecule has 0 radical (unpaired) electrons. The first-order valence-electron chi connectivity index (χ1n) is 3.26. The maximum Gasteiger partial charge on any atom is 0.334 e. The van der Waals surface area contributed by atoms with Crippen LogP contribution in [0.4, 0.5) is 0 Å². The van der Waals surface area contributed by atoms with Crippen LogP contribution in [0.2, 0.25) is 0 Å². The van der Waals surface area contributed by atoms with Gasteiger partial charge in [-0.15, -0.1) is 0 Å². The largest absolute Gasteiger partial charge is 0.479 e. The minimum Gasteiger partial charge on any atom is -0.479 e.